The largest absolute Gasteiger partial charge is 0.491 e. The molecular formula is C15H18O3. The third-order valence-corrected chi connectivity index (χ3v) is 2.59. The fourth-order valence-corrected chi connectivity index (χ4v) is 1.80. The first-order valence-corrected chi connectivity index (χ1v) is 6.12. The quantitative estimate of drug-likeness (QED) is 0.879. The molecule has 0 amide bonds. The van der Waals surface area contributed by atoms with Gasteiger partial charge >= 0.3 is 0 Å². The number of hydrogen-bond acceptors (Lipinski definition) is 3. The van der Waals surface area contributed by atoms with Crippen molar-refractivity contribution in [2.45, 2.75) is 32.5 Å². The first-order chi connectivity index (χ1) is 8.65. The van der Waals surface area contributed by atoms with Crippen molar-refractivity contribution in [3.05, 3.63) is 54.0 Å². The van der Waals surface area contributed by atoms with Crippen molar-refractivity contribution < 1.29 is 14.3 Å². The number of benzene rings is 1. The molecule has 2 rings (SSSR count). The van der Waals surface area contributed by atoms with Crippen molar-refractivity contribution in [2.75, 3.05) is 0 Å². The fraction of sp³-hybridized carbons (Fsp3) is 0.333. The zero-order chi connectivity index (χ0) is 13.0. The van der Waals surface area contributed by atoms with Gasteiger partial charge in [0.05, 0.1) is 18.5 Å². The van der Waals surface area contributed by atoms with Gasteiger partial charge in [-0.25, -0.2) is 0 Å². The van der Waals surface area contributed by atoms with Gasteiger partial charge in [-0.2, -0.15) is 0 Å². The molecule has 1 aromatic carbocycles. The smallest absolute Gasteiger partial charge is 0.120 e. The van der Waals surface area contributed by atoms with E-state index in [0.29, 0.717) is 6.42 Å². The predicted octanol–water partition coefficient (Wildman–Crippen LogP) is 3.34. The Hall–Kier alpha value is -1.74. The van der Waals surface area contributed by atoms with Crippen molar-refractivity contribution in [3.63, 3.8) is 0 Å². The summed E-state index contributed by atoms with van der Waals surface area (Å²) in [5.41, 5.74) is 0.838. The van der Waals surface area contributed by atoms with Gasteiger partial charge in [0.1, 0.15) is 11.5 Å². The molecule has 2 aromatic rings. The summed E-state index contributed by atoms with van der Waals surface area (Å²) in [6.07, 6.45) is 1.63. The van der Waals surface area contributed by atoms with E-state index in [4.69, 9.17) is 9.15 Å². The molecule has 1 N–H and O–H groups in total. The van der Waals surface area contributed by atoms with Crippen LogP contribution in [0.2, 0.25) is 0 Å². The van der Waals surface area contributed by atoms with Gasteiger partial charge in [-0.15, -0.1) is 0 Å². The van der Waals surface area contributed by atoms with E-state index in [0.717, 1.165) is 17.1 Å². The number of aliphatic hydroxyl groups excluding tert-OH is 1. The van der Waals surface area contributed by atoms with E-state index < -0.39 is 6.10 Å². The molecule has 0 saturated heterocycles. The summed E-state index contributed by atoms with van der Waals surface area (Å²) < 4.78 is 10.8. The molecule has 1 heterocycles. The Bertz CT molecular complexity index is 474. The lowest BCUT2D eigenvalue weighted by Crippen LogP contribution is -2.07. The second-order valence-corrected chi connectivity index (χ2v) is 4.54. The van der Waals surface area contributed by atoms with Gasteiger partial charge in [-0.3, -0.25) is 0 Å². The van der Waals surface area contributed by atoms with Gasteiger partial charge in [0, 0.05) is 6.42 Å². The second-order valence-electron chi connectivity index (χ2n) is 4.54. The number of rotatable bonds is 5. The van der Waals surface area contributed by atoms with Crippen LogP contribution in [-0.2, 0) is 6.42 Å². The summed E-state index contributed by atoms with van der Waals surface area (Å²) in [5, 5.41) is 10.1. The molecule has 0 aliphatic carbocycles. The highest BCUT2D eigenvalue weighted by Crippen LogP contribution is 2.23. The summed E-state index contributed by atoms with van der Waals surface area (Å²) >= 11 is 0. The lowest BCUT2D eigenvalue weighted by atomic mass is 10.1. The number of furan rings is 1. The van der Waals surface area contributed by atoms with Crippen LogP contribution in [0.3, 0.4) is 0 Å². The molecule has 0 spiro atoms. The van der Waals surface area contributed by atoms with Crippen LogP contribution in [0.5, 0.6) is 5.75 Å². The lowest BCUT2D eigenvalue weighted by molar-refractivity contribution is 0.169. The van der Waals surface area contributed by atoms with E-state index in [1.54, 1.807) is 6.26 Å². The summed E-state index contributed by atoms with van der Waals surface area (Å²) in [6, 6.07) is 11.2. The molecule has 1 aromatic heterocycles. The third-order valence-electron chi connectivity index (χ3n) is 2.59. The number of aliphatic hydroxyl groups is 1. The van der Waals surface area contributed by atoms with Crippen molar-refractivity contribution in [1.82, 2.24) is 0 Å². The van der Waals surface area contributed by atoms with Crippen LogP contribution in [0.25, 0.3) is 0 Å². The normalized spacial score (nSPS) is 12.7. The summed E-state index contributed by atoms with van der Waals surface area (Å²) in [5.74, 6) is 1.55. The Morgan fingerprint density at radius 2 is 2.06 bits per heavy atom. The van der Waals surface area contributed by atoms with Gasteiger partial charge in [0.15, 0.2) is 0 Å². The molecule has 3 heteroatoms. The maximum Gasteiger partial charge on any atom is 0.120 e. The van der Waals surface area contributed by atoms with E-state index in [2.05, 4.69) is 0 Å². The highest BCUT2D eigenvalue weighted by atomic mass is 16.5. The average Bonchev–Trinajstić information content (AvgIpc) is 2.81. The van der Waals surface area contributed by atoms with Crippen molar-refractivity contribution >= 4 is 0 Å². The molecule has 0 saturated carbocycles. The van der Waals surface area contributed by atoms with E-state index in [-0.39, 0.29) is 6.10 Å². The minimum absolute atomic E-state index is 0.127. The zero-order valence-electron chi connectivity index (χ0n) is 10.7. The number of ether oxygens (including phenoxy) is 1. The fourth-order valence-electron chi connectivity index (χ4n) is 1.80. The van der Waals surface area contributed by atoms with Crippen molar-refractivity contribution in [3.8, 4) is 5.75 Å². The Labute approximate surface area is 107 Å². The lowest BCUT2D eigenvalue weighted by Gasteiger charge is -2.13. The Morgan fingerprint density at radius 1 is 1.22 bits per heavy atom. The Kier molecular flexibility index (Phi) is 4.05. The van der Waals surface area contributed by atoms with E-state index >= 15 is 0 Å². The third kappa shape index (κ3) is 3.37. The molecular weight excluding hydrogens is 228 g/mol. The molecule has 1 atom stereocenters. The molecule has 0 bridgehead atoms. The molecule has 0 radical (unpaired) electrons. The summed E-state index contributed by atoms with van der Waals surface area (Å²) in [6.45, 7) is 3.96. The standard InChI is InChI=1S/C15H18O3/c1-11(2)18-14-6-3-5-12(9-14)15(16)10-13-7-4-8-17-13/h3-9,11,15-16H,10H2,1-2H3. The van der Waals surface area contributed by atoms with E-state index in [1.165, 1.54) is 0 Å². The monoisotopic (exact) mass is 246 g/mol. The van der Waals surface area contributed by atoms with Gasteiger partial charge in [0.2, 0.25) is 0 Å². The van der Waals surface area contributed by atoms with Gasteiger partial charge in [-0.1, -0.05) is 12.1 Å². The van der Waals surface area contributed by atoms with Crippen LogP contribution < -0.4 is 4.74 Å². The topological polar surface area (TPSA) is 42.6 Å². The van der Waals surface area contributed by atoms with E-state index in [1.807, 2.05) is 50.2 Å². The maximum atomic E-state index is 10.1. The highest BCUT2D eigenvalue weighted by molar-refractivity contribution is 5.30. The highest BCUT2D eigenvalue weighted by Gasteiger charge is 2.11. The summed E-state index contributed by atoms with van der Waals surface area (Å²) in [7, 11) is 0. The number of hydrogen-bond donors (Lipinski definition) is 1. The Balaban J connectivity index is 2.07. The molecule has 96 valence electrons. The SMILES string of the molecule is CC(C)Oc1cccc(C(O)Cc2ccco2)c1. The van der Waals surface area contributed by atoms with Crippen LogP contribution in [0.1, 0.15) is 31.3 Å². The molecule has 0 aliphatic heterocycles. The average molecular weight is 246 g/mol. The van der Waals surface area contributed by atoms with Crippen LogP contribution in [0.15, 0.2) is 47.1 Å². The molecule has 0 fully saturated rings. The summed E-state index contributed by atoms with van der Waals surface area (Å²) in [4.78, 5) is 0. The first kappa shape index (κ1) is 12.7. The molecule has 1 unspecified atom stereocenters. The molecule has 0 aliphatic rings. The Morgan fingerprint density at radius 3 is 2.72 bits per heavy atom. The second kappa shape index (κ2) is 5.74. The molecule has 18 heavy (non-hydrogen) atoms. The van der Waals surface area contributed by atoms with Crippen molar-refractivity contribution in [2.24, 2.45) is 0 Å². The zero-order valence-corrected chi connectivity index (χ0v) is 10.7. The van der Waals surface area contributed by atoms with Gasteiger partial charge in [-0.05, 0) is 43.7 Å². The van der Waals surface area contributed by atoms with Crippen LogP contribution in [0, 0.1) is 0 Å². The minimum atomic E-state index is -0.577. The maximum absolute atomic E-state index is 10.1. The van der Waals surface area contributed by atoms with Crippen molar-refractivity contribution in [1.29, 1.82) is 0 Å². The predicted molar refractivity (Wildman–Crippen MR) is 69.6 cm³/mol. The van der Waals surface area contributed by atoms with E-state index in [9.17, 15) is 5.11 Å². The van der Waals surface area contributed by atoms with Crippen LogP contribution in [0.4, 0.5) is 0 Å². The van der Waals surface area contributed by atoms with Gasteiger partial charge in [0.25, 0.3) is 0 Å². The van der Waals surface area contributed by atoms with Crippen LogP contribution >= 0.6 is 0 Å². The first-order valence-electron chi connectivity index (χ1n) is 6.12. The molecule has 3 nitrogen and oxygen atoms in total. The minimum Gasteiger partial charge on any atom is -0.491 e. The van der Waals surface area contributed by atoms with Crippen LogP contribution in [-0.4, -0.2) is 11.2 Å². The van der Waals surface area contributed by atoms with Gasteiger partial charge < -0.3 is 14.3 Å².